The van der Waals surface area contributed by atoms with Gasteiger partial charge in [0.1, 0.15) is 0 Å². The summed E-state index contributed by atoms with van der Waals surface area (Å²) in [5.74, 6) is 0.412. The van der Waals surface area contributed by atoms with Crippen molar-refractivity contribution in [1.29, 1.82) is 0 Å². The molecule has 1 aromatic carbocycles. The molecule has 24 heavy (non-hydrogen) atoms. The second-order valence-corrected chi connectivity index (χ2v) is 7.77. The van der Waals surface area contributed by atoms with Crippen LogP contribution < -0.4 is 10.6 Å². The summed E-state index contributed by atoms with van der Waals surface area (Å²) in [6.45, 7) is 1.99. The van der Waals surface area contributed by atoms with Gasteiger partial charge in [0, 0.05) is 12.0 Å². The number of nitrogens with zero attached hydrogens (tertiary/aromatic N) is 1. The second-order valence-electron chi connectivity index (χ2n) is 6.71. The summed E-state index contributed by atoms with van der Waals surface area (Å²) in [6.07, 6.45) is 8.13. The van der Waals surface area contributed by atoms with E-state index in [2.05, 4.69) is 34.9 Å². The van der Waals surface area contributed by atoms with E-state index in [9.17, 15) is 4.79 Å². The highest BCUT2D eigenvalue weighted by atomic mass is 32.1. The van der Waals surface area contributed by atoms with Crippen LogP contribution in [0.15, 0.2) is 36.4 Å². The number of nitrogens with one attached hydrogen (secondary N) is 2. The van der Waals surface area contributed by atoms with Crippen molar-refractivity contribution in [2.45, 2.75) is 37.6 Å². The smallest absolute Gasteiger partial charge is 0.224 e. The van der Waals surface area contributed by atoms with Gasteiger partial charge in [-0.25, -0.2) is 4.98 Å². The lowest BCUT2D eigenvalue weighted by Gasteiger charge is -2.30. The molecule has 2 unspecified atom stereocenters. The highest BCUT2D eigenvalue weighted by Crippen LogP contribution is 2.38. The quantitative estimate of drug-likeness (QED) is 0.843. The van der Waals surface area contributed by atoms with E-state index in [-0.39, 0.29) is 17.7 Å². The second kappa shape index (κ2) is 7.03. The molecule has 4 rings (SSSR count). The zero-order chi connectivity index (χ0) is 16.4. The molecule has 1 aromatic heterocycles. The van der Waals surface area contributed by atoms with Crippen LogP contribution in [0.3, 0.4) is 0 Å². The number of para-hydroxylation sites is 1. The normalized spacial score (nSPS) is 25.0. The molecule has 1 saturated heterocycles. The molecule has 5 heteroatoms. The maximum Gasteiger partial charge on any atom is 0.224 e. The molecule has 2 heterocycles. The van der Waals surface area contributed by atoms with Crippen LogP contribution >= 0.6 is 11.3 Å². The summed E-state index contributed by atoms with van der Waals surface area (Å²) < 4.78 is 1.21. The van der Waals surface area contributed by atoms with Crippen LogP contribution in [0.2, 0.25) is 0 Å². The number of piperidine rings is 1. The van der Waals surface area contributed by atoms with Crippen molar-refractivity contribution in [3.63, 3.8) is 0 Å². The number of allylic oxidation sites excluding steroid dienone is 2. The Morgan fingerprint density at radius 1 is 1.17 bits per heavy atom. The van der Waals surface area contributed by atoms with Gasteiger partial charge in [-0.05, 0) is 50.9 Å². The minimum atomic E-state index is 0.00504. The Morgan fingerprint density at radius 2 is 1.96 bits per heavy atom. The average molecular weight is 341 g/mol. The van der Waals surface area contributed by atoms with Gasteiger partial charge in [-0.2, -0.15) is 0 Å². The Kier molecular flexibility index (Phi) is 4.63. The predicted octanol–water partition coefficient (Wildman–Crippen LogP) is 3.21. The third-order valence-corrected chi connectivity index (χ3v) is 6.25. The van der Waals surface area contributed by atoms with Crippen LogP contribution in [0, 0.1) is 5.92 Å². The molecule has 2 N–H and O–H groups in total. The number of amides is 1. The lowest BCUT2D eigenvalue weighted by atomic mass is 9.82. The number of hydrogen-bond donors (Lipinski definition) is 2. The Bertz CT molecular complexity index is 715. The average Bonchev–Trinajstić information content (AvgIpc) is 3.06. The van der Waals surface area contributed by atoms with Crippen molar-refractivity contribution < 1.29 is 4.79 Å². The van der Waals surface area contributed by atoms with Gasteiger partial charge in [0.25, 0.3) is 0 Å². The molecular formula is C19H23N3OS. The molecule has 1 aliphatic heterocycles. The van der Waals surface area contributed by atoms with E-state index >= 15 is 0 Å². The molecule has 1 fully saturated rings. The van der Waals surface area contributed by atoms with Crippen molar-refractivity contribution in [2.24, 2.45) is 5.92 Å². The monoisotopic (exact) mass is 341 g/mol. The lowest BCUT2D eigenvalue weighted by Crippen LogP contribution is -2.46. The number of rotatable bonds is 3. The molecule has 1 aliphatic carbocycles. The van der Waals surface area contributed by atoms with Crippen molar-refractivity contribution >= 4 is 27.5 Å². The number of benzene rings is 1. The Labute approximate surface area is 146 Å². The van der Waals surface area contributed by atoms with Crippen molar-refractivity contribution in [3.8, 4) is 0 Å². The fourth-order valence-corrected chi connectivity index (χ4v) is 4.85. The third-order valence-electron chi connectivity index (χ3n) is 5.08. The molecule has 2 atom stereocenters. The highest BCUT2D eigenvalue weighted by Gasteiger charge is 2.33. The van der Waals surface area contributed by atoms with Crippen LogP contribution in [-0.2, 0) is 4.79 Å². The maximum atomic E-state index is 12.9. The zero-order valence-electron chi connectivity index (χ0n) is 13.7. The van der Waals surface area contributed by atoms with Gasteiger partial charge in [0.2, 0.25) is 5.91 Å². The largest absolute Gasteiger partial charge is 0.353 e. The number of fused-ring (bicyclic) bond motifs is 1. The van der Waals surface area contributed by atoms with E-state index in [0.717, 1.165) is 49.3 Å². The van der Waals surface area contributed by atoms with Gasteiger partial charge in [0.15, 0.2) is 0 Å². The van der Waals surface area contributed by atoms with E-state index in [1.165, 1.54) is 4.70 Å². The first-order valence-corrected chi connectivity index (χ1v) is 9.64. The van der Waals surface area contributed by atoms with E-state index in [1.807, 2.05) is 12.1 Å². The zero-order valence-corrected chi connectivity index (χ0v) is 14.5. The summed E-state index contributed by atoms with van der Waals surface area (Å²) in [5.41, 5.74) is 1.05. The topological polar surface area (TPSA) is 54.0 Å². The Balaban J connectivity index is 1.54. The number of aromatic nitrogens is 1. The van der Waals surface area contributed by atoms with Crippen LogP contribution in [0.1, 0.15) is 36.6 Å². The van der Waals surface area contributed by atoms with E-state index < -0.39 is 0 Å². The minimum absolute atomic E-state index is 0.00504. The summed E-state index contributed by atoms with van der Waals surface area (Å²) in [4.78, 5) is 17.7. The molecule has 0 bridgehead atoms. The highest BCUT2D eigenvalue weighted by molar-refractivity contribution is 7.18. The van der Waals surface area contributed by atoms with E-state index in [0.29, 0.717) is 6.04 Å². The SMILES string of the molecule is O=C(NC1CCNCC1)C1CC=CCC1c1nc2ccccc2s1. The summed E-state index contributed by atoms with van der Waals surface area (Å²) in [6, 6.07) is 8.55. The van der Waals surface area contributed by atoms with Crippen LogP contribution in [-0.4, -0.2) is 30.0 Å². The Hall–Kier alpha value is -1.72. The van der Waals surface area contributed by atoms with Crippen molar-refractivity contribution in [1.82, 2.24) is 15.6 Å². The predicted molar refractivity (Wildman–Crippen MR) is 98.3 cm³/mol. The first-order chi connectivity index (χ1) is 11.8. The summed E-state index contributed by atoms with van der Waals surface area (Å²) in [7, 11) is 0. The van der Waals surface area contributed by atoms with Crippen molar-refractivity contribution in [3.05, 3.63) is 41.4 Å². The molecule has 4 nitrogen and oxygen atoms in total. The fourth-order valence-electron chi connectivity index (χ4n) is 3.70. The van der Waals surface area contributed by atoms with Crippen LogP contribution in [0.4, 0.5) is 0 Å². The Morgan fingerprint density at radius 3 is 2.79 bits per heavy atom. The number of thiazole rings is 1. The number of carbonyl (C=O) groups excluding carboxylic acids is 1. The van der Waals surface area contributed by atoms with E-state index in [4.69, 9.17) is 4.98 Å². The van der Waals surface area contributed by atoms with Gasteiger partial charge in [-0.1, -0.05) is 24.3 Å². The standard InChI is InChI=1S/C19H23N3OS/c23-18(21-13-9-11-20-12-10-13)14-5-1-2-6-15(14)19-22-16-7-3-4-8-17(16)24-19/h1-4,7-8,13-15,20H,5-6,9-12H2,(H,21,23). The van der Waals surface area contributed by atoms with Crippen LogP contribution in [0.25, 0.3) is 10.2 Å². The maximum absolute atomic E-state index is 12.9. The fraction of sp³-hybridized carbons (Fsp3) is 0.474. The van der Waals surface area contributed by atoms with Crippen molar-refractivity contribution in [2.75, 3.05) is 13.1 Å². The summed E-state index contributed by atoms with van der Waals surface area (Å²) >= 11 is 1.74. The van der Waals surface area contributed by atoms with Gasteiger partial charge < -0.3 is 10.6 Å². The molecule has 2 aliphatic rings. The van der Waals surface area contributed by atoms with Gasteiger partial charge >= 0.3 is 0 Å². The molecule has 126 valence electrons. The number of hydrogen-bond acceptors (Lipinski definition) is 4. The third kappa shape index (κ3) is 3.23. The number of carbonyl (C=O) groups is 1. The molecule has 0 radical (unpaired) electrons. The summed E-state index contributed by atoms with van der Waals surface area (Å²) in [5, 5.41) is 7.74. The molecular weight excluding hydrogens is 318 g/mol. The first-order valence-electron chi connectivity index (χ1n) is 8.83. The molecule has 1 amide bonds. The lowest BCUT2D eigenvalue weighted by molar-refractivity contribution is -0.126. The van der Waals surface area contributed by atoms with Gasteiger partial charge in [-0.15, -0.1) is 11.3 Å². The molecule has 0 saturated carbocycles. The minimum Gasteiger partial charge on any atom is -0.353 e. The van der Waals surface area contributed by atoms with Gasteiger partial charge in [0.05, 0.1) is 21.1 Å². The molecule has 2 aromatic rings. The van der Waals surface area contributed by atoms with Crippen LogP contribution in [0.5, 0.6) is 0 Å². The molecule has 0 spiro atoms. The first kappa shape index (κ1) is 15.8. The van der Waals surface area contributed by atoms with E-state index in [1.54, 1.807) is 11.3 Å². The van der Waals surface area contributed by atoms with Gasteiger partial charge in [-0.3, -0.25) is 4.79 Å².